The van der Waals surface area contributed by atoms with E-state index >= 15 is 0 Å². The highest BCUT2D eigenvalue weighted by atomic mass is 16.5. The smallest absolute Gasteiger partial charge is 0.254 e. The van der Waals surface area contributed by atoms with Crippen LogP contribution in [0.5, 0.6) is 0 Å². The number of ether oxygens (including phenoxy) is 1. The fourth-order valence-corrected chi connectivity index (χ4v) is 2.72. The van der Waals surface area contributed by atoms with E-state index in [0.717, 1.165) is 43.7 Å². The van der Waals surface area contributed by atoms with Gasteiger partial charge in [0.2, 0.25) is 0 Å². The van der Waals surface area contributed by atoms with Gasteiger partial charge in [-0.25, -0.2) is 0 Å². The van der Waals surface area contributed by atoms with Gasteiger partial charge in [-0.3, -0.25) is 4.79 Å². The van der Waals surface area contributed by atoms with Gasteiger partial charge in [0.25, 0.3) is 5.91 Å². The van der Waals surface area contributed by atoms with Crippen LogP contribution in [0.25, 0.3) is 0 Å². The second kappa shape index (κ2) is 6.06. The fraction of sp³-hybridized carbons (Fsp3) is 0.533. The number of carbonyl (C=O) groups is 1. The summed E-state index contributed by atoms with van der Waals surface area (Å²) in [5, 5.41) is 0. The number of carbonyl (C=O) groups excluding carboxylic acids is 1. The third-order valence-electron chi connectivity index (χ3n) is 3.69. The van der Waals surface area contributed by atoms with Crippen molar-refractivity contribution in [3.05, 3.63) is 29.3 Å². The molecule has 1 aromatic carbocycles. The van der Waals surface area contributed by atoms with Crippen molar-refractivity contribution in [3.63, 3.8) is 0 Å². The van der Waals surface area contributed by atoms with Crippen molar-refractivity contribution in [2.45, 2.75) is 19.8 Å². The molecule has 1 aliphatic rings. The van der Waals surface area contributed by atoms with Crippen LogP contribution in [0.4, 0.5) is 5.69 Å². The maximum atomic E-state index is 12.5. The average Bonchev–Trinajstić information content (AvgIpc) is 2.39. The first-order valence-corrected chi connectivity index (χ1v) is 6.76. The molecule has 0 saturated carbocycles. The molecule has 0 spiro atoms. The molecule has 1 amide bonds. The van der Waals surface area contributed by atoms with E-state index in [9.17, 15) is 4.79 Å². The molecular formula is C15H22N2O2. The van der Waals surface area contributed by atoms with Crippen molar-refractivity contribution in [1.29, 1.82) is 0 Å². The molecule has 0 aliphatic carbocycles. The topological polar surface area (TPSA) is 55.6 Å². The summed E-state index contributed by atoms with van der Waals surface area (Å²) < 4.78 is 5.20. The second-order valence-electron chi connectivity index (χ2n) is 5.29. The summed E-state index contributed by atoms with van der Waals surface area (Å²) in [6.45, 7) is 4.28. The summed E-state index contributed by atoms with van der Waals surface area (Å²) in [6.07, 6.45) is 2.19. The lowest BCUT2D eigenvalue weighted by atomic mass is 9.97. The number of nitrogens with two attached hydrogens (primary N) is 1. The molecule has 1 heterocycles. The van der Waals surface area contributed by atoms with Crippen LogP contribution in [0.2, 0.25) is 0 Å². The van der Waals surface area contributed by atoms with Gasteiger partial charge in [0, 0.05) is 31.5 Å². The van der Waals surface area contributed by atoms with Gasteiger partial charge in [-0.2, -0.15) is 0 Å². The van der Waals surface area contributed by atoms with E-state index in [1.165, 1.54) is 0 Å². The molecule has 2 rings (SSSR count). The van der Waals surface area contributed by atoms with E-state index in [1.807, 2.05) is 24.0 Å². The van der Waals surface area contributed by atoms with Crippen molar-refractivity contribution in [2.24, 2.45) is 5.92 Å². The van der Waals surface area contributed by atoms with E-state index in [1.54, 1.807) is 13.2 Å². The monoisotopic (exact) mass is 262 g/mol. The van der Waals surface area contributed by atoms with Crippen LogP contribution in [-0.2, 0) is 4.74 Å². The van der Waals surface area contributed by atoms with Crippen LogP contribution < -0.4 is 5.73 Å². The second-order valence-corrected chi connectivity index (χ2v) is 5.29. The van der Waals surface area contributed by atoms with Gasteiger partial charge in [0.05, 0.1) is 6.61 Å². The normalized spacial score (nSPS) is 19.5. The van der Waals surface area contributed by atoms with Gasteiger partial charge < -0.3 is 15.4 Å². The SMILES string of the molecule is COCC1CCCN(C(=O)c2ccc(N)cc2C)C1. The first kappa shape index (κ1) is 13.9. The van der Waals surface area contributed by atoms with Crippen molar-refractivity contribution >= 4 is 11.6 Å². The summed E-state index contributed by atoms with van der Waals surface area (Å²) in [5.74, 6) is 0.565. The number of methoxy groups -OCH3 is 1. The lowest BCUT2D eigenvalue weighted by Gasteiger charge is -2.32. The number of hydrogen-bond donors (Lipinski definition) is 1. The first-order valence-electron chi connectivity index (χ1n) is 6.76. The molecule has 1 saturated heterocycles. The van der Waals surface area contributed by atoms with Crippen molar-refractivity contribution in [2.75, 3.05) is 32.5 Å². The Hall–Kier alpha value is -1.55. The largest absolute Gasteiger partial charge is 0.399 e. The first-order chi connectivity index (χ1) is 9.11. The van der Waals surface area contributed by atoms with Gasteiger partial charge in [0.1, 0.15) is 0 Å². The van der Waals surface area contributed by atoms with Crippen LogP contribution in [0.3, 0.4) is 0 Å². The number of piperidine rings is 1. The predicted octanol–water partition coefficient (Wildman–Crippen LogP) is 2.08. The van der Waals surface area contributed by atoms with Gasteiger partial charge in [0.15, 0.2) is 0 Å². The molecule has 1 unspecified atom stereocenters. The third kappa shape index (κ3) is 3.26. The minimum Gasteiger partial charge on any atom is -0.399 e. The van der Waals surface area contributed by atoms with E-state index < -0.39 is 0 Å². The molecule has 1 aliphatic heterocycles. The highest BCUT2D eigenvalue weighted by Crippen LogP contribution is 2.21. The van der Waals surface area contributed by atoms with Crippen molar-refractivity contribution in [1.82, 2.24) is 4.90 Å². The van der Waals surface area contributed by atoms with Crippen LogP contribution >= 0.6 is 0 Å². The molecular weight excluding hydrogens is 240 g/mol. The molecule has 1 aromatic rings. The molecule has 104 valence electrons. The number of benzene rings is 1. The predicted molar refractivity (Wildman–Crippen MR) is 76.1 cm³/mol. The van der Waals surface area contributed by atoms with Crippen LogP contribution in [0.1, 0.15) is 28.8 Å². The Bertz CT molecular complexity index is 457. The molecule has 1 atom stereocenters. The van der Waals surface area contributed by atoms with Crippen LogP contribution in [0.15, 0.2) is 18.2 Å². The zero-order valence-corrected chi connectivity index (χ0v) is 11.7. The average molecular weight is 262 g/mol. The Morgan fingerprint density at radius 3 is 3.00 bits per heavy atom. The highest BCUT2D eigenvalue weighted by Gasteiger charge is 2.25. The summed E-state index contributed by atoms with van der Waals surface area (Å²) >= 11 is 0. The van der Waals surface area contributed by atoms with E-state index in [2.05, 4.69) is 0 Å². The van der Waals surface area contributed by atoms with Gasteiger partial charge >= 0.3 is 0 Å². The molecule has 0 aromatic heterocycles. The van der Waals surface area contributed by atoms with Gasteiger partial charge in [-0.05, 0) is 49.4 Å². The van der Waals surface area contributed by atoms with Crippen molar-refractivity contribution in [3.8, 4) is 0 Å². The number of aryl methyl sites for hydroxylation is 1. The quantitative estimate of drug-likeness (QED) is 0.848. The molecule has 4 nitrogen and oxygen atoms in total. The van der Waals surface area contributed by atoms with E-state index in [-0.39, 0.29) is 5.91 Å². The van der Waals surface area contributed by atoms with Crippen LogP contribution in [-0.4, -0.2) is 37.6 Å². The molecule has 19 heavy (non-hydrogen) atoms. The van der Waals surface area contributed by atoms with Crippen molar-refractivity contribution < 1.29 is 9.53 Å². The lowest BCUT2D eigenvalue weighted by molar-refractivity contribution is 0.0570. The summed E-state index contributed by atoms with van der Waals surface area (Å²) in [5.41, 5.74) is 8.13. The molecule has 0 bridgehead atoms. The minimum absolute atomic E-state index is 0.110. The Labute approximate surface area is 114 Å². The van der Waals surface area contributed by atoms with Gasteiger partial charge in [-0.1, -0.05) is 0 Å². The Morgan fingerprint density at radius 1 is 1.53 bits per heavy atom. The number of anilines is 1. The zero-order valence-electron chi connectivity index (χ0n) is 11.7. The fourth-order valence-electron chi connectivity index (χ4n) is 2.72. The molecule has 4 heteroatoms. The Kier molecular flexibility index (Phi) is 4.43. The van der Waals surface area contributed by atoms with E-state index in [4.69, 9.17) is 10.5 Å². The van der Waals surface area contributed by atoms with Gasteiger partial charge in [-0.15, -0.1) is 0 Å². The number of rotatable bonds is 3. The number of likely N-dealkylation sites (tertiary alicyclic amines) is 1. The summed E-state index contributed by atoms with van der Waals surface area (Å²) in [4.78, 5) is 14.5. The number of hydrogen-bond acceptors (Lipinski definition) is 3. The lowest BCUT2D eigenvalue weighted by Crippen LogP contribution is -2.41. The Balaban J connectivity index is 2.10. The minimum atomic E-state index is 0.110. The summed E-state index contributed by atoms with van der Waals surface area (Å²) in [7, 11) is 1.71. The molecule has 0 radical (unpaired) electrons. The maximum Gasteiger partial charge on any atom is 0.254 e. The maximum absolute atomic E-state index is 12.5. The standard InChI is InChI=1S/C15H22N2O2/c1-11-8-13(16)5-6-14(11)15(18)17-7-3-4-12(9-17)10-19-2/h5-6,8,12H,3-4,7,9-10,16H2,1-2H3. The van der Waals surface area contributed by atoms with E-state index in [0.29, 0.717) is 11.6 Å². The molecule has 2 N–H and O–H groups in total. The third-order valence-corrected chi connectivity index (χ3v) is 3.69. The van der Waals surface area contributed by atoms with Crippen LogP contribution in [0, 0.1) is 12.8 Å². The molecule has 1 fully saturated rings. The number of amides is 1. The summed E-state index contributed by atoms with van der Waals surface area (Å²) in [6, 6.07) is 5.47. The highest BCUT2D eigenvalue weighted by molar-refractivity contribution is 5.96. The Morgan fingerprint density at radius 2 is 2.32 bits per heavy atom. The number of nitrogens with zero attached hydrogens (tertiary/aromatic N) is 1. The zero-order chi connectivity index (χ0) is 13.8. The number of nitrogen functional groups attached to an aromatic ring is 1.